The summed E-state index contributed by atoms with van der Waals surface area (Å²) in [6.45, 7) is 13.3. The molecule has 3 heteroatoms. The molecule has 2 aliphatic rings. The third kappa shape index (κ3) is 3.94. The van der Waals surface area contributed by atoms with E-state index in [2.05, 4.69) is 29.4 Å². The van der Waals surface area contributed by atoms with Crippen LogP contribution in [0, 0.1) is 11.3 Å². The predicted molar refractivity (Wildman–Crippen MR) is 73.3 cm³/mol. The van der Waals surface area contributed by atoms with Crippen LogP contribution in [-0.4, -0.2) is 50.7 Å². The SMILES string of the molecule is CCNCC1CCN(CC2(C)CCNC2)CC1. The lowest BCUT2D eigenvalue weighted by Gasteiger charge is -2.37. The number of piperidine rings is 1. The zero-order chi connectivity index (χ0) is 12.1. The summed E-state index contributed by atoms with van der Waals surface area (Å²) in [6, 6.07) is 0. The molecule has 2 heterocycles. The van der Waals surface area contributed by atoms with Gasteiger partial charge in [-0.15, -0.1) is 0 Å². The third-order valence-electron chi connectivity index (χ3n) is 4.45. The highest BCUT2D eigenvalue weighted by molar-refractivity contribution is 4.88. The summed E-state index contributed by atoms with van der Waals surface area (Å²) in [4.78, 5) is 2.69. The van der Waals surface area contributed by atoms with Crippen molar-refractivity contribution >= 4 is 0 Å². The second-order valence-corrected chi connectivity index (χ2v) is 6.26. The standard InChI is InChI=1S/C14H29N3/c1-3-15-10-13-4-8-17(9-5-13)12-14(2)6-7-16-11-14/h13,15-16H,3-12H2,1-2H3. The molecule has 1 unspecified atom stereocenters. The van der Waals surface area contributed by atoms with E-state index in [0.717, 1.165) is 12.5 Å². The van der Waals surface area contributed by atoms with Gasteiger partial charge in [-0.2, -0.15) is 0 Å². The molecular formula is C14H29N3. The second kappa shape index (κ2) is 6.17. The van der Waals surface area contributed by atoms with Gasteiger partial charge in [0.25, 0.3) is 0 Å². The van der Waals surface area contributed by atoms with Crippen LogP contribution in [0.4, 0.5) is 0 Å². The Morgan fingerprint density at radius 2 is 2.12 bits per heavy atom. The van der Waals surface area contributed by atoms with Crippen LogP contribution < -0.4 is 10.6 Å². The topological polar surface area (TPSA) is 27.3 Å². The average molecular weight is 239 g/mol. The van der Waals surface area contributed by atoms with Gasteiger partial charge in [-0.3, -0.25) is 0 Å². The minimum Gasteiger partial charge on any atom is -0.317 e. The first-order valence-electron chi connectivity index (χ1n) is 7.36. The van der Waals surface area contributed by atoms with Gasteiger partial charge in [-0.05, 0) is 63.3 Å². The Hall–Kier alpha value is -0.120. The third-order valence-corrected chi connectivity index (χ3v) is 4.45. The van der Waals surface area contributed by atoms with Crippen LogP contribution in [-0.2, 0) is 0 Å². The highest BCUT2D eigenvalue weighted by Crippen LogP contribution is 2.27. The van der Waals surface area contributed by atoms with Gasteiger partial charge < -0.3 is 15.5 Å². The summed E-state index contributed by atoms with van der Waals surface area (Å²) in [6.07, 6.45) is 4.12. The maximum Gasteiger partial charge on any atom is 0.00480 e. The van der Waals surface area contributed by atoms with E-state index in [1.165, 1.54) is 58.5 Å². The van der Waals surface area contributed by atoms with Crippen molar-refractivity contribution < 1.29 is 0 Å². The second-order valence-electron chi connectivity index (χ2n) is 6.26. The Kier molecular flexibility index (Phi) is 4.83. The molecule has 2 fully saturated rings. The Morgan fingerprint density at radius 3 is 2.71 bits per heavy atom. The Bertz CT molecular complexity index is 216. The Labute approximate surface area is 106 Å². The largest absolute Gasteiger partial charge is 0.317 e. The summed E-state index contributed by atoms with van der Waals surface area (Å²) >= 11 is 0. The minimum absolute atomic E-state index is 0.536. The van der Waals surface area contributed by atoms with E-state index in [9.17, 15) is 0 Å². The fraction of sp³-hybridized carbons (Fsp3) is 1.00. The van der Waals surface area contributed by atoms with Gasteiger partial charge in [0.05, 0.1) is 0 Å². The highest BCUT2D eigenvalue weighted by atomic mass is 15.1. The average Bonchev–Trinajstić information content (AvgIpc) is 2.75. The summed E-state index contributed by atoms with van der Waals surface area (Å²) in [5.41, 5.74) is 0.536. The molecule has 2 aliphatic heterocycles. The maximum atomic E-state index is 3.50. The molecule has 2 saturated heterocycles. The fourth-order valence-electron chi connectivity index (χ4n) is 3.24. The molecule has 0 aromatic carbocycles. The van der Waals surface area contributed by atoms with Crippen molar-refractivity contribution in [3.8, 4) is 0 Å². The number of nitrogens with zero attached hydrogens (tertiary/aromatic N) is 1. The van der Waals surface area contributed by atoms with Crippen molar-refractivity contribution in [2.24, 2.45) is 11.3 Å². The first-order chi connectivity index (χ1) is 8.22. The fourth-order valence-corrected chi connectivity index (χ4v) is 3.24. The van der Waals surface area contributed by atoms with Crippen molar-refractivity contribution in [3.05, 3.63) is 0 Å². The van der Waals surface area contributed by atoms with Crippen LogP contribution in [0.15, 0.2) is 0 Å². The molecular weight excluding hydrogens is 210 g/mol. The van der Waals surface area contributed by atoms with Crippen LogP contribution in [0.25, 0.3) is 0 Å². The molecule has 100 valence electrons. The number of rotatable bonds is 5. The summed E-state index contributed by atoms with van der Waals surface area (Å²) in [5, 5.41) is 6.99. The molecule has 0 spiro atoms. The number of nitrogens with one attached hydrogen (secondary N) is 2. The monoisotopic (exact) mass is 239 g/mol. The molecule has 0 aliphatic carbocycles. The van der Waals surface area contributed by atoms with E-state index in [0.29, 0.717) is 5.41 Å². The van der Waals surface area contributed by atoms with Crippen molar-refractivity contribution in [2.75, 3.05) is 45.8 Å². The molecule has 0 aromatic heterocycles. The van der Waals surface area contributed by atoms with Crippen LogP contribution in [0.5, 0.6) is 0 Å². The summed E-state index contributed by atoms with van der Waals surface area (Å²) < 4.78 is 0. The van der Waals surface area contributed by atoms with Gasteiger partial charge in [0, 0.05) is 13.1 Å². The predicted octanol–water partition coefficient (Wildman–Crippen LogP) is 1.31. The van der Waals surface area contributed by atoms with Gasteiger partial charge in [0.1, 0.15) is 0 Å². The number of hydrogen-bond donors (Lipinski definition) is 2. The molecule has 0 radical (unpaired) electrons. The van der Waals surface area contributed by atoms with Gasteiger partial charge in [-0.25, -0.2) is 0 Å². The molecule has 2 rings (SSSR count). The molecule has 0 amide bonds. The molecule has 0 saturated carbocycles. The lowest BCUT2D eigenvalue weighted by molar-refractivity contribution is 0.128. The maximum absolute atomic E-state index is 3.50. The van der Waals surface area contributed by atoms with Crippen molar-refractivity contribution in [1.82, 2.24) is 15.5 Å². The molecule has 1 atom stereocenters. The molecule has 0 aromatic rings. The van der Waals surface area contributed by atoms with E-state index in [1.807, 2.05) is 0 Å². The van der Waals surface area contributed by atoms with Crippen LogP contribution in [0.1, 0.15) is 33.1 Å². The van der Waals surface area contributed by atoms with Gasteiger partial charge in [-0.1, -0.05) is 13.8 Å². The summed E-state index contributed by atoms with van der Waals surface area (Å²) in [5.74, 6) is 0.917. The minimum atomic E-state index is 0.536. The van der Waals surface area contributed by atoms with E-state index in [4.69, 9.17) is 0 Å². The van der Waals surface area contributed by atoms with Crippen molar-refractivity contribution in [3.63, 3.8) is 0 Å². The van der Waals surface area contributed by atoms with E-state index in [1.54, 1.807) is 0 Å². The smallest absolute Gasteiger partial charge is 0.00480 e. The van der Waals surface area contributed by atoms with E-state index < -0.39 is 0 Å². The van der Waals surface area contributed by atoms with Gasteiger partial charge in [0.2, 0.25) is 0 Å². The number of hydrogen-bond acceptors (Lipinski definition) is 3. The van der Waals surface area contributed by atoms with Crippen LogP contribution >= 0.6 is 0 Å². The lowest BCUT2D eigenvalue weighted by atomic mass is 9.87. The first-order valence-corrected chi connectivity index (χ1v) is 7.36. The normalized spacial score (nSPS) is 32.1. The zero-order valence-corrected chi connectivity index (χ0v) is 11.6. The molecule has 17 heavy (non-hydrogen) atoms. The van der Waals surface area contributed by atoms with Gasteiger partial charge >= 0.3 is 0 Å². The molecule has 3 nitrogen and oxygen atoms in total. The highest BCUT2D eigenvalue weighted by Gasteiger charge is 2.31. The number of likely N-dealkylation sites (tertiary alicyclic amines) is 1. The van der Waals surface area contributed by atoms with Gasteiger partial charge in [0.15, 0.2) is 0 Å². The van der Waals surface area contributed by atoms with Crippen molar-refractivity contribution in [2.45, 2.75) is 33.1 Å². The lowest BCUT2D eigenvalue weighted by Crippen LogP contribution is -2.43. The molecule has 0 bridgehead atoms. The van der Waals surface area contributed by atoms with Crippen LogP contribution in [0.2, 0.25) is 0 Å². The van der Waals surface area contributed by atoms with Crippen molar-refractivity contribution in [1.29, 1.82) is 0 Å². The van der Waals surface area contributed by atoms with E-state index in [-0.39, 0.29) is 0 Å². The Balaban J connectivity index is 1.68. The molecule has 2 N–H and O–H groups in total. The summed E-state index contributed by atoms with van der Waals surface area (Å²) in [7, 11) is 0. The quantitative estimate of drug-likeness (QED) is 0.757. The zero-order valence-electron chi connectivity index (χ0n) is 11.6. The Morgan fingerprint density at radius 1 is 1.35 bits per heavy atom. The first kappa shape index (κ1) is 13.3. The van der Waals surface area contributed by atoms with Crippen LogP contribution in [0.3, 0.4) is 0 Å². The van der Waals surface area contributed by atoms with E-state index >= 15 is 0 Å².